The van der Waals surface area contributed by atoms with Crippen LogP contribution in [0.2, 0.25) is 0 Å². The molecule has 0 aliphatic heterocycles. The van der Waals surface area contributed by atoms with Crippen LogP contribution in [0.3, 0.4) is 0 Å². The van der Waals surface area contributed by atoms with Crippen molar-refractivity contribution >= 4 is 11.6 Å². The average molecular weight is 256 g/mol. The third kappa shape index (κ3) is 2.76. The molecule has 0 aliphatic rings. The molecule has 0 atom stereocenters. The lowest BCUT2D eigenvalue weighted by atomic mass is 10.2. The third-order valence-electron chi connectivity index (χ3n) is 2.30. The fraction of sp³-hybridized carbons (Fsp3) is 0. The topological polar surface area (TPSA) is 119 Å². The van der Waals surface area contributed by atoms with Gasteiger partial charge in [0, 0.05) is 6.07 Å². The number of anilines is 1. The first-order chi connectivity index (χ1) is 9.10. The van der Waals surface area contributed by atoms with Gasteiger partial charge >= 0.3 is 5.69 Å². The molecule has 19 heavy (non-hydrogen) atoms. The summed E-state index contributed by atoms with van der Waals surface area (Å²) in [6.07, 6.45) is 0. The monoisotopic (exact) mass is 256 g/mol. The van der Waals surface area contributed by atoms with Crippen LogP contribution in [-0.4, -0.2) is 15.9 Å². The molecule has 0 saturated carbocycles. The summed E-state index contributed by atoms with van der Waals surface area (Å²) >= 11 is 0. The molecule has 94 valence electrons. The van der Waals surface area contributed by atoms with Gasteiger partial charge < -0.3 is 10.3 Å². The van der Waals surface area contributed by atoms with Crippen molar-refractivity contribution < 1.29 is 4.79 Å². The fourth-order valence-corrected chi connectivity index (χ4v) is 1.47. The molecule has 2 aromatic rings. The molecule has 0 aliphatic carbocycles. The van der Waals surface area contributed by atoms with Gasteiger partial charge in [-0.05, 0) is 12.1 Å². The minimum atomic E-state index is -0.772. The predicted octanol–water partition coefficient (Wildman–Crippen LogP) is 0.187. The third-order valence-corrected chi connectivity index (χ3v) is 2.30. The van der Waals surface area contributed by atoms with E-state index >= 15 is 0 Å². The Morgan fingerprint density at radius 3 is 2.63 bits per heavy atom. The zero-order valence-electron chi connectivity index (χ0n) is 9.56. The lowest BCUT2D eigenvalue weighted by molar-refractivity contribution is 0.102. The Morgan fingerprint density at radius 2 is 1.95 bits per heavy atom. The van der Waals surface area contributed by atoms with E-state index in [2.05, 4.69) is 10.3 Å². The van der Waals surface area contributed by atoms with Crippen LogP contribution in [0.25, 0.3) is 0 Å². The second-order valence-corrected chi connectivity index (χ2v) is 3.61. The number of carbonyl (C=O) groups is 1. The molecule has 1 aromatic carbocycles. The Morgan fingerprint density at radius 1 is 1.21 bits per heavy atom. The number of aromatic nitrogens is 2. The first-order valence-electron chi connectivity index (χ1n) is 5.24. The van der Waals surface area contributed by atoms with E-state index in [0.29, 0.717) is 5.69 Å². The van der Waals surface area contributed by atoms with Crippen LogP contribution in [0.1, 0.15) is 16.1 Å². The minimum Gasteiger partial charge on any atom is -0.319 e. The molecule has 0 bridgehead atoms. The van der Waals surface area contributed by atoms with Crippen LogP contribution in [0.5, 0.6) is 0 Å². The summed E-state index contributed by atoms with van der Waals surface area (Å²) in [5, 5.41) is 11.3. The van der Waals surface area contributed by atoms with Crippen molar-refractivity contribution in [3.63, 3.8) is 0 Å². The number of carbonyl (C=O) groups excluding carboxylic acids is 1. The summed E-state index contributed by atoms with van der Waals surface area (Å²) < 4.78 is 0. The number of rotatable bonds is 2. The number of nitriles is 1. The highest BCUT2D eigenvalue weighted by molar-refractivity contribution is 6.03. The summed E-state index contributed by atoms with van der Waals surface area (Å²) in [4.78, 5) is 38.1. The van der Waals surface area contributed by atoms with E-state index in [4.69, 9.17) is 5.26 Å². The van der Waals surface area contributed by atoms with Crippen molar-refractivity contribution in [2.45, 2.75) is 0 Å². The Hall–Kier alpha value is -3.14. The van der Waals surface area contributed by atoms with Crippen LogP contribution in [0, 0.1) is 11.3 Å². The van der Waals surface area contributed by atoms with Gasteiger partial charge in [-0.2, -0.15) is 5.26 Å². The molecular weight excluding hydrogens is 248 g/mol. The molecule has 0 radical (unpaired) electrons. The quantitative estimate of drug-likeness (QED) is 0.710. The van der Waals surface area contributed by atoms with E-state index in [0.717, 1.165) is 6.07 Å². The summed E-state index contributed by atoms with van der Waals surface area (Å²) in [7, 11) is 0. The van der Waals surface area contributed by atoms with Gasteiger partial charge in [0.1, 0.15) is 11.8 Å². The normalized spacial score (nSPS) is 9.63. The lowest BCUT2D eigenvalue weighted by Crippen LogP contribution is -2.27. The van der Waals surface area contributed by atoms with E-state index in [1.54, 1.807) is 18.2 Å². The van der Waals surface area contributed by atoms with Crippen LogP contribution >= 0.6 is 0 Å². The molecule has 0 saturated heterocycles. The number of para-hydroxylation sites is 1. The van der Waals surface area contributed by atoms with Gasteiger partial charge in [-0.25, -0.2) is 4.79 Å². The van der Waals surface area contributed by atoms with Crippen molar-refractivity contribution in [2.24, 2.45) is 0 Å². The van der Waals surface area contributed by atoms with E-state index in [1.807, 2.05) is 11.1 Å². The first kappa shape index (κ1) is 12.3. The van der Waals surface area contributed by atoms with E-state index in [-0.39, 0.29) is 11.3 Å². The van der Waals surface area contributed by atoms with Gasteiger partial charge in [0.15, 0.2) is 0 Å². The van der Waals surface area contributed by atoms with Crippen LogP contribution in [0.15, 0.2) is 39.9 Å². The zero-order valence-corrected chi connectivity index (χ0v) is 9.56. The SMILES string of the molecule is N#Cc1ccccc1NC(=O)c1cc(=O)[nH]c(=O)[nH]1. The van der Waals surface area contributed by atoms with Crippen molar-refractivity contribution in [3.8, 4) is 6.07 Å². The lowest BCUT2D eigenvalue weighted by Gasteiger charge is -2.05. The molecule has 1 amide bonds. The summed E-state index contributed by atoms with van der Waals surface area (Å²) in [5.41, 5.74) is -1.05. The molecule has 0 spiro atoms. The molecular formula is C12H8N4O3. The molecule has 7 heteroatoms. The van der Waals surface area contributed by atoms with E-state index < -0.39 is 17.2 Å². The van der Waals surface area contributed by atoms with Crippen molar-refractivity contribution in [1.29, 1.82) is 5.26 Å². The van der Waals surface area contributed by atoms with E-state index in [1.165, 1.54) is 6.07 Å². The van der Waals surface area contributed by atoms with Gasteiger partial charge in [0.05, 0.1) is 11.3 Å². The highest BCUT2D eigenvalue weighted by Crippen LogP contribution is 2.13. The Labute approximate surface area is 106 Å². The van der Waals surface area contributed by atoms with Gasteiger partial charge in [-0.15, -0.1) is 0 Å². The van der Waals surface area contributed by atoms with Gasteiger partial charge in [-0.1, -0.05) is 12.1 Å². The highest BCUT2D eigenvalue weighted by Gasteiger charge is 2.10. The molecule has 1 heterocycles. The maximum Gasteiger partial charge on any atom is 0.326 e. The largest absolute Gasteiger partial charge is 0.326 e. The van der Waals surface area contributed by atoms with Crippen molar-refractivity contribution in [1.82, 2.24) is 9.97 Å². The zero-order chi connectivity index (χ0) is 13.8. The maximum absolute atomic E-state index is 11.8. The summed E-state index contributed by atoms with van der Waals surface area (Å²) in [5.74, 6) is -0.675. The minimum absolute atomic E-state index is 0.179. The van der Waals surface area contributed by atoms with Gasteiger partial charge in [0.25, 0.3) is 11.5 Å². The average Bonchev–Trinajstić information content (AvgIpc) is 2.38. The summed E-state index contributed by atoms with van der Waals surface area (Å²) in [6, 6.07) is 9.27. The van der Waals surface area contributed by atoms with Crippen molar-refractivity contribution in [3.05, 3.63) is 62.4 Å². The second-order valence-electron chi connectivity index (χ2n) is 3.61. The van der Waals surface area contributed by atoms with Crippen LogP contribution < -0.4 is 16.6 Å². The Kier molecular flexibility index (Phi) is 3.25. The number of H-pyrrole nitrogens is 2. The van der Waals surface area contributed by atoms with Gasteiger partial charge in [-0.3, -0.25) is 14.6 Å². The Bertz CT molecular complexity index is 754. The van der Waals surface area contributed by atoms with Crippen LogP contribution in [0.4, 0.5) is 5.69 Å². The predicted molar refractivity (Wildman–Crippen MR) is 66.8 cm³/mol. The molecule has 1 aromatic heterocycles. The number of nitrogens with zero attached hydrogens (tertiary/aromatic N) is 1. The van der Waals surface area contributed by atoms with Crippen LogP contribution in [-0.2, 0) is 0 Å². The van der Waals surface area contributed by atoms with E-state index in [9.17, 15) is 14.4 Å². The number of amides is 1. The number of benzene rings is 1. The molecule has 7 nitrogen and oxygen atoms in total. The molecule has 3 N–H and O–H groups in total. The molecule has 0 fully saturated rings. The molecule has 0 unspecified atom stereocenters. The first-order valence-corrected chi connectivity index (χ1v) is 5.24. The van der Waals surface area contributed by atoms with Gasteiger partial charge in [0.2, 0.25) is 0 Å². The standard InChI is InChI=1S/C12H8N4O3/c13-6-7-3-1-2-4-8(7)14-11(18)9-5-10(17)16-12(19)15-9/h1-5H,(H,14,18)(H2,15,16,17,19). The fourth-order valence-electron chi connectivity index (χ4n) is 1.47. The number of nitrogens with one attached hydrogen (secondary N) is 3. The number of hydrogen-bond donors (Lipinski definition) is 3. The molecule has 2 rings (SSSR count). The van der Waals surface area contributed by atoms with Crippen molar-refractivity contribution in [2.75, 3.05) is 5.32 Å². The Balaban J connectivity index is 2.34. The number of aromatic amines is 2. The smallest absolute Gasteiger partial charge is 0.319 e. The number of hydrogen-bond acceptors (Lipinski definition) is 4. The maximum atomic E-state index is 11.8. The summed E-state index contributed by atoms with van der Waals surface area (Å²) in [6.45, 7) is 0. The highest BCUT2D eigenvalue weighted by atomic mass is 16.2. The second kappa shape index (κ2) is 5.01.